The van der Waals surface area contributed by atoms with Crippen LogP contribution in [0, 0.1) is 0 Å². The predicted molar refractivity (Wildman–Crippen MR) is 397 cm³/mol. The van der Waals surface area contributed by atoms with Crippen molar-refractivity contribution in [2.24, 2.45) is 0 Å². The SMILES string of the molecule is c1ccc(-c2ccc(N(c3ccc(-c4cccc(-c5ccc6c(c5)c5ccccc5n6-c5ccc(N(c6ccc(-c7ccccc7)cc6)c6ccc(-c7ccccc7)cc6)cc5)c4)cc3)c3ccc(-c4ccc5c(c4)c4ccccc4n5-c4ccccc4)cc3)cc2)cc1. The number of anilines is 6. The second-order valence-corrected chi connectivity index (χ2v) is 24.1. The normalized spacial score (nSPS) is 11.4. The van der Waals surface area contributed by atoms with Crippen molar-refractivity contribution in [2.45, 2.75) is 0 Å². The number of aromatic nitrogens is 2. The molecule has 0 aliphatic rings. The van der Waals surface area contributed by atoms with Crippen LogP contribution < -0.4 is 9.80 Å². The first-order valence-corrected chi connectivity index (χ1v) is 32.2. The quantitative estimate of drug-likeness (QED) is 0.108. The maximum Gasteiger partial charge on any atom is 0.0541 e. The van der Waals surface area contributed by atoms with Crippen molar-refractivity contribution in [1.82, 2.24) is 9.13 Å². The third-order valence-corrected chi connectivity index (χ3v) is 18.5. The van der Waals surface area contributed by atoms with Gasteiger partial charge in [-0.2, -0.15) is 0 Å². The number of fused-ring (bicyclic) bond motifs is 6. The molecule has 15 aromatic carbocycles. The molecule has 0 atom stereocenters. The molecule has 2 heterocycles. The van der Waals surface area contributed by atoms with Crippen LogP contribution in [0.2, 0.25) is 0 Å². The van der Waals surface area contributed by atoms with Crippen LogP contribution in [0.15, 0.2) is 376 Å². The fourth-order valence-electron chi connectivity index (χ4n) is 13.9. The summed E-state index contributed by atoms with van der Waals surface area (Å²) in [5.74, 6) is 0. The number of para-hydroxylation sites is 3. The van der Waals surface area contributed by atoms with E-state index in [9.17, 15) is 0 Å². The number of hydrogen-bond donors (Lipinski definition) is 0. The fraction of sp³-hybridized carbons (Fsp3) is 0. The first kappa shape index (κ1) is 55.6. The minimum Gasteiger partial charge on any atom is -0.311 e. The van der Waals surface area contributed by atoms with Crippen molar-refractivity contribution in [1.29, 1.82) is 0 Å². The molecular formula is C90H62N4. The molecule has 0 bridgehead atoms. The van der Waals surface area contributed by atoms with Crippen LogP contribution >= 0.6 is 0 Å². The van der Waals surface area contributed by atoms with Gasteiger partial charge in [0, 0.05) is 67.0 Å². The smallest absolute Gasteiger partial charge is 0.0541 e. The number of hydrogen-bond acceptors (Lipinski definition) is 2. The molecule has 0 saturated carbocycles. The molecule has 442 valence electrons. The van der Waals surface area contributed by atoms with Crippen molar-refractivity contribution in [3.8, 4) is 78.1 Å². The molecule has 0 saturated heterocycles. The van der Waals surface area contributed by atoms with E-state index in [1.165, 1.54) is 93.7 Å². The van der Waals surface area contributed by atoms with Crippen molar-refractivity contribution < 1.29 is 0 Å². The summed E-state index contributed by atoms with van der Waals surface area (Å²) in [7, 11) is 0. The molecule has 94 heavy (non-hydrogen) atoms. The van der Waals surface area contributed by atoms with Crippen LogP contribution in [-0.4, -0.2) is 9.13 Å². The van der Waals surface area contributed by atoms with Gasteiger partial charge in [-0.25, -0.2) is 0 Å². The van der Waals surface area contributed by atoms with Gasteiger partial charge >= 0.3 is 0 Å². The summed E-state index contributed by atoms with van der Waals surface area (Å²) in [5, 5.41) is 4.91. The molecule has 0 aliphatic carbocycles. The van der Waals surface area contributed by atoms with Gasteiger partial charge in [-0.1, -0.05) is 237 Å². The second kappa shape index (κ2) is 24.0. The molecule has 17 rings (SSSR count). The molecule has 2 aromatic heterocycles. The van der Waals surface area contributed by atoms with E-state index >= 15 is 0 Å². The summed E-state index contributed by atoms with van der Waals surface area (Å²) in [6.07, 6.45) is 0. The Hall–Kier alpha value is -12.5. The van der Waals surface area contributed by atoms with Gasteiger partial charge in [-0.3, -0.25) is 0 Å². The van der Waals surface area contributed by atoms with Crippen molar-refractivity contribution in [3.05, 3.63) is 376 Å². The topological polar surface area (TPSA) is 16.3 Å². The van der Waals surface area contributed by atoms with E-state index in [-0.39, 0.29) is 0 Å². The standard InChI is InChI=1S/C90H62N4/c1-5-18-63(19-6-1)66-32-44-76(45-33-66)91(80-52-40-70(41-53-80)73-42-58-89-85(61-73)83-28-13-15-30-87(83)93(89)75-26-11-4-12-27-75)79-50-38-69(39-51-79)71-24-17-25-72(60-71)74-43-59-90-86(62-74)84-29-14-16-31-88(84)94(90)82-56-54-81(55-57-82)92(77-46-34-67(35-47-77)64-20-7-2-8-21-64)78-48-36-68(37-49-78)65-22-9-3-10-23-65/h1-62H. The van der Waals surface area contributed by atoms with Crippen LogP contribution in [0.4, 0.5) is 34.1 Å². The van der Waals surface area contributed by atoms with Gasteiger partial charge in [0.1, 0.15) is 0 Å². The molecule has 0 N–H and O–H groups in total. The Balaban J connectivity index is 0.674. The lowest BCUT2D eigenvalue weighted by Crippen LogP contribution is -2.10. The fourth-order valence-corrected chi connectivity index (χ4v) is 13.9. The van der Waals surface area contributed by atoms with Crippen LogP contribution in [0.3, 0.4) is 0 Å². The Labute approximate surface area is 547 Å². The van der Waals surface area contributed by atoms with E-state index in [4.69, 9.17) is 0 Å². The number of benzene rings is 15. The minimum absolute atomic E-state index is 1.08. The van der Waals surface area contributed by atoms with E-state index in [0.717, 1.165) is 62.1 Å². The van der Waals surface area contributed by atoms with Crippen molar-refractivity contribution in [3.63, 3.8) is 0 Å². The predicted octanol–water partition coefficient (Wildman–Crippen LogP) is 24.8. The van der Waals surface area contributed by atoms with E-state index < -0.39 is 0 Å². The minimum atomic E-state index is 1.08. The number of nitrogens with zero attached hydrogens (tertiary/aromatic N) is 4. The van der Waals surface area contributed by atoms with E-state index in [2.05, 4.69) is 395 Å². The van der Waals surface area contributed by atoms with Crippen LogP contribution in [0.25, 0.3) is 122 Å². The highest BCUT2D eigenvalue weighted by molar-refractivity contribution is 6.12. The highest BCUT2D eigenvalue weighted by Gasteiger charge is 2.20. The maximum absolute atomic E-state index is 2.41. The summed E-state index contributed by atoms with van der Waals surface area (Å²) in [5.41, 5.74) is 27.6. The van der Waals surface area contributed by atoms with Gasteiger partial charge < -0.3 is 18.9 Å². The molecule has 4 nitrogen and oxygen atoms in total. The summed E-state index contributed by atoms with van der Waals surface area (Å²) >= 11 is 0. The Bertz CT molecular complexity index is 5440. The molecule has 4 heteroatoms. The van der Waals surface area contributed by atoms with Gasteiger partial charge in [-0.15, -0.1) is 0 Å². The zero-order valence-corrected chi connectivity index (χ0v) is 51.6. The lowest BCUT2D eigenvalue weighted by molar-refractivity contribution is 1.17. The molecule has 0 radical (unpaired) electrons. The molecule has 0 fully saturated rings. The van der Waals surface area contributed by atoms with Crippen LogP contribution in [0.5, 0.6) is 0 Å². The van der Waals surface area contributed by atoms with Gasteiger partial charge in [0.15, 0.2) is 0 Å². The molecule has 17 aromatic rings. The summed E-state index contributed by atoms with van der Waals surface area (Å²) in [6.45, 7) is 0. The average molecular weight is 1200 g/mol. The van der Waals surface area contributed by atoms with Crippen LogP contribution in [-0.2, 0) is 0 Å². The molecule has 0 amide bonds. The van der Waals surface area contributed by atoms with Gasteiger partial charge in [-0.05, 0) is 206 Å². The summed E-state index contributed by atoms with van der Waals surface area (Å²) in [4.78, 5) is 4.71. The largest absolute Gasteiger partial charge is 0.311 e. The molecule has 0 spiro atoms. The maximum atomic E-state index is 2.41. The lowest BCUT2D eigenvalue weighted by Gasteiger charge is -2.26. The first-order valence-electron chi connectivity index (χ1n) is 32.2. The Kier molecular flexibility index (Phi) is 14.2. The van der Waals surface area contributed by atoms with Crippen molar-refractivity contribution >= 4 is 77.7 Å². The third kappa shape index (κ3) is 10.4. The zero-order chi connectivity index (χ0) is 62.3. The average Bonchev–Trinajstić information content (AvgIpc) is 1.59. The zero-order valence-electron chi connectivity index (χ0n) is 51.6. The highest BCUT2D eigenvalue weighted by Crippen LogP contribution is 2.43. The van der Waals surface area contributed by atoms with E-state index in [0.29, 0.717) is 0 Å². The van der Waals surface area contributed by atoms with Crippen molar-refractivity contribution in [2.75, 3.05) is 9.80 Å². The Morgan fingerprint density at radius 2 is 0.383 bits per heavy atom. The molecule has 0 unspecified atom stereocenters. The highest BCUT2D eigenvalue weighted by atomic mass is 15.1. The third-order valence-electron chi connectivity index (χ3n) is 18.5. The summed E-state index contributed by atoms with van der Waals surface area (Å²) < 4.78 is 4.78. The molecule has 0 aliphatic heterocycles. The Morgan fingerprint density at radius 1 is 0.149 bits per heavy atom. The van der Waals surface area contributed by atoms with Gasteiger partial charge in [0.05, 0.1) is 22.1 Å². The number of rotatable bonds is 14. The monoisotopic (exact) mass is 1200 g/mol. The molecular weight excluding hydrogens is 1140 g/mol. The van der Waals surface area contributed by atoms with Gasteiger partial charge in [0.25, 0.3) is 0 Å². The van der Waals surface area contributed by atoms with E-state index in [1.54, 1.807) is 0 Å². The Morgan fingerprint density at radius 3 is 0.755 bits per heavy atom. The summed E-state index contributed by atoms with van der Waals surface area (Å²) in [6, 6.07) is 137. The van der Waals surface area contributed by atoms with E-state index in [1.807, 2.05) is 0 Å². The first-order chi connectivity index (χ1) is 46.6. The second-order valence-electron chi connectivity index (χ2n) is 24.1. The lowest BCUT2D eigenvalue weighted by atomic mass is 9.97. The van der Waals surface area contributed by atoms with Gasteiger partial charge in [0.2, 0.25) is 0 Å². The van der Waals surface area contributed by atoms with Crippen LogP contribution in [0.1, 0.15) is 0 Å².